The van der Waals surface area contributed by atoms with E-state index in [1.165, 1.54) is 0 Å². The zero-order valence-corrected chi connectivity index (χ0v) is 26.9. The number of nitrogens with zero attached hydrogens (tertiary/aromatic N) is 4. The minimum Gasteiger partial charge on any atom is -0.455 e. The molecule has 234 valence electrons. The number of fused-ring (bicyclic) bond motifs is 6. The molecule has 3 aromatic heterocycles. The second kappa shape index (κ2) is 11.4. The van der Waals surface area contributed by atoms with Gasteiger partial charge in [-0.1, -0.05) is 140 Å². The van der Waals surface area contributed by atoms with E-state index < -0.39 is 0 Å². The Morgan fingerprint density at radius 2 is 0.920 bits per heavy atom. The Labute approximate surface area is 287 Å². The maximum Gasteiger partial charge on any atom is 0.238 e. The van der Waals surface area contributed by atoms with E-state index in [-0.39, 0.29) is 0 Å². The molecule has 50 heavy (non-hydrogen) atoms. The number of hydrogen-bond acceptors (Lipinski definition) is 4. The normalized spacial score (nSPS) is 11.6. The second-order valence-corrected chi connectivity index (χ2v) is 12.5. The summed E-state index contributed by atoms with van der Waals surface area (Å²) in [6.07, 6.45) is 0. The summed E-state index contributed by atoms with van der Waals surface area (Å²) < 4.78 is 8.64. The minimum atomic E-state index is 0.568. The van der Waals surface area contributed by atoms with Crippen molar-refractivity contribution in [2.45, 2.75) is 0 Å². The topological polar surface area (TPSA) is 56.7 Å². The first-order valence-corrected chi connectivity index (χ1v) is 16.7. The molecule has 10 rings (SSSR count). The lowest BCUT2D eigenvalue weighted by atomic mass is 10.0. The highest BCUT2D eigenvalue weighted by molar-refractivity contribution is 6.11. The molecule has 0 amide bonds. The summed E-state index contributed by atoms with van der Waals surface area (Å²) in [5, 5.41) is 4.37. The Morgan fingerprint density at radius 3 is 1.62 bits per heavy atom. The van der Waals surface area contributed by atoms with Crippen LogP contribution in [0.4, 0.5) is 0 Å². The van der Waals surface area contributed by atoms with Crippen LogP contribution < -0.4 is 0 Å². The monoisotopic (exact) mass is 640 g/mol. The molecule has 5 heteroatoms. The molecule has 0 bridgehead atoms. The predicted octanol–water partition coefficient (Wildman–Crippen LogP) is 11.5. The molecular weight excluding hydrogens is 613 g/mol. The average molecular weight is 641 g/mol. The summed E-state index contributed by atoms with van der Waals surface area (Å²) in [5.74, 6) is 1.77. The first-order valence-electron chi connectivity index (χ1n) is 16.7. The van der Waals surface area contributed by atoms with E-state index in [4.69, 9.17) is 19.4 Å². The quantitative estimate of drug-likeness (QED) is 0.188. The van der Waals surface area contributed by atoms with E-state index in [2.05, 4.69) is 150 Å². The molecular formula is C45H28N4O. The number of rotatable bonds is 5. The molecule has 0 N–H and O–H groups in total. The van der Waals surface area contributed by atoms with Gasteiger partial charge in [0.15, 0.2) is 11.6 Å². The average Bonchev–Trinajstić information content (AvgIpc) is 3.74. The maximum absolute atomic E-state index is 6.49. The van der Waals surface area contributed by atoms with Crippen molar-refractivity contribution in [2.24, 2.45) is 0 Å². The van der Waals surface area contributed by atoms with Crippen molar-refractivity contribution in [2.75, 3.05) is 0 Å². The van der Waals surface area contributed by atoms with Gasteiger partial charge < -0.3 is 4.42 Å². The Kier molecular flexibility index (Phi) is 6.42. The third-order valence-corrected chi connectivity index (χ3v) is 9.49. The number of benzene rings is 7. The van der Waals surface area contributed by atoms with E-state index >= 15 is 0 Å². The van der Waals surface area contributed by atoms with Gasteiger partial charge >= 0.3 is 0 Å². The number of aromatic nitrogens is 4. The van der Waals surface area contributed by atoms with Gasteiger partial charge in [-0.15, -0.1) is 0 Å². The molecule has 0 saturated heterocycles. The molecule has 0 aliphatic heterocycles. The molecule has 0 unspecified atom stereocenters. The van der Waals surface area contributed by atoms with Crippen LogP contribution >= 0.6 is 0 Å². The molecule has 0 saturated carbocycles. The lowest BCUT2D eigenvalue weighted by molar-refractivity contribution is 0.670. The number of para-hydroxylation sites is 3. The third kappa shape index (κ3) is 4.60. The highest BCUT2D eigenvalue weighted by Crippen LogP contribution is 2.38. The molecule has 3 heterocycles. The van der Waals surface area contributed by atoms with Gasteiger partial charge in [-0.05, 0) is 47.0 Å². The van der Waals surface area contributed by atoms with Crippen LogP contribution in [-0.4, -0.2) is 19.5 Å². The Balaban J connectivity index is 1.18. The van der Waals surface area contributed by atoms with Crippen molar-refractivity contribution in [3.8, 4) is 51.0 Å². The molecule has 0 atom stereocenters. The van der Waals surface area contributed by atoms with Crippen LogP contribution in [0.2, 0.25) is 0 Å². The Hall–Kier alpha value is -6.85. The van der Waals surface area contributed by atoms with E-state index in [0.29, 0.717) is 17.6 Å². The van der Waals surface area contributed by atoms with Crippen LogP contribution in [0.3, 0.4) is 0 Å². The fourth-order valence-corrected chi connectivity index (χ4v) is 7.09. The summed E-state index contributed by atoms with van der Waals surface area (Å²) in [6.45, 7) is 0. The first kappa shape index (κ1) is 28.2. The lowest BCUT2D eigenvalue weighted by Gasteiger charge is -2.11. The summed E-state index contributed by atoms with van der Waals surface area (Å²) in [7, 11) is 0. The van der Waals surface area contributed by atoms with Crippen molar-refractivity contribution >= 4 is 43.7 Å². The van der Waals surface area contributed by atoms with Crippen LogP contribution in [0.5, 0.6) is 0 Å². The van der Waals surface area contributed by atoms with Gasteiger partial charge in [0.1, 0.15) is 11.2 Å². The van der Waals surface area contributed by atoms with Crippen LogP contribution in [0, 0.1) is 0 Å². The molecule has 0 aliphatic rings. The summed E-state index contributed by atoms with van der Waals surface area (Å²) in [5.41, 5.74) is 10.1. The predicted molar refractivity (Wildman–Crippen MR) is 203 cm³/mol. The zero-order valence-electron chi connectivity index (χ0n) is 26.9. The van der Waals surface area contributed by atoms with Crippen molar-refractivity contribution in [3.05, 3.63) is 170 Å². The summed E-state index contributed by atoms with van der Waals surface area (Å²) in [4.78, 5) is 15.4. The third-order valence-electron chi connectivity index (χ3n) is 9.49. The van der Waals surface area contributed by atoms with Crippen molar-refractivity contribution in [1.29, 1.82) is 0 Å². The van der Waals surface area contributed by atoms with E-state index in [9.17, 15) is 0 Å². The molecule has 5 nitrogen and oxygen atoms in total. The first-order chi connectivity index (χ1) is 24.8. The fraction of sp³-hybridized carbons (Fsp3) is 0. The van der Waals surface area contributed by atoms with Gasteiger partial charge in [-0.25, -0.2) is 4.98 Å². The van der Waals surface area contributed by atoms with Gasteiger partial charge in [0.2, 0.25) is 5.95 Å². The van der Waals surface area contributed by atoms with Crippen LogP contribution in [0.1, 0.15) is 0 Å². The highest BCUT2D eigenvalue weighted by Gasteiger charge is 2.19. The van der Waals surface area contributed by atoms with Crippen molar-refractivity contribution in [3.63, 3.8) is 0 Å². The van der Waals surface area contributed by atoms with Crippen LogP contribution in [0.25, 0.3) is 94.7 Å². The van der Waals surface area contributed by atoms with Crippen LogP contribution in [0.15, 0.2) is 174 Å². The molecule has 0 aliphatic carbocycles. The van der Waals surface area contributed by atoms with Gasteiger partial charge in [0, 0.05) is 38.2 Å². The Morgan fingerprint density at radius 1 is 0.380 bits per heavy atom. The van der Waals surface area contributed by atoms with Gasteiger partial charge in [0.25, 0.3) is 0 Å². The fourth-order valence-electron chi connectivity index (χ4n) is 7.09. The smallest absolute Gasteiger partial charge is 0.238 e. The highest BCUT2D eigenvalue weighted by atomic mass is 16.3. The molecule has 7 aromatic carbocycles. The summed E-state index contributed by atoms with van der Waals surface area (Å²) >= 11 is 0. The van der Waals surface area contributed by atoms with E-state index in [1.807, 2.05) is 24.3 Å². The number of hydrogen-bond donors (Lipinski definition) is 0. The van der Waals surface area contributed by atoms with Crippen molar-refractivity contribution < 1.29 is 4.42 Å². The summed E-state index contributed by atoms with van der Waals surface area (Å²) in [6, 6.07) is 58.6. The zero-order chi connectivity index (χ0) is 33.0. The van der Waals surface area contributed by atoms with Crippen molar-refractivity contribution in [1.82, 2.24) is 19.5 Å². The van der Waals surface area contributed by atoms with Gasteiger partial charge in [-0.3, -0.25) is 4.57 Å². The van der Waals surface area contributed by atoms with Gasteiger partial charge in [-0.2, -0.15) is 9.97 Å². The Bertz CT molecular complexity index is 2800. The molecule has 10 aromatic rings. The SMILES string of the molecule is c1ccc(-c2ccc(-c3nc(-c4ccc5oc6c(-c7ccccc7)cccc6c5c4)nc(-n4c5ccccc5c5ccccc54)n3)cc2)cc1. The van der Waals surface area contributed by atoms with Gasteiger partial charge in [0.05, 0.1) is 11.0 Å². The lowest BCUT2D eigenvalue weighted by Crippen LogP contribution is -2.06. The number of furan rings is 1. The molecule has 0 spiro atoms. The van der Waals surface area contributed by atoms with E-state index in [0.717, 1.165) is 77.1 Å². The minimum absolute atomic E-state index is 0.568. The largest absolute Gasteiger partial charge is 0.455 e. The standard InChI is InChI=1S/C45H28N4O/c1-3-12-29(13-4-1)30-22-24-32(25-23-30)43-46-44(48-45(47-43)49-39-20-9-7-16-35(39)36-17-8-10-21-40(36)49)33-26-27-41-38(28-33)37-19-11-18-34(42(37)50-41)31-14-5-2-6-15-31/h1-28H. The van der Waals surface area contributed by atoms with Crippen LogP contribution in [-0.2, 0) is 0 Å². The molecule has 0 fully saturated rings. The second-order valence-electron chi connectivity index (χ2n) is 12.5. The van der Waals surface area contributed by atoms with E-state index in [1.54, 1.807) is 0 Å². The molecule has 0 radical (unpaired) electrons. The maximum atomic E-state index is 6.49.